The summed E-state index contributed by atoms with van der Waals surface area (Å²) in [5.41, 5.74) is 6.82. The van der Waals surface area contributed by atoms with Gasteiger partial charge in [0.05, 0.1) is 11.9 Å². The number of H-pyrrole nitrogens is 1. The number of hydrogen-bond acceptors (Lipinski definition) is 6. The van der Waals surface area contributed by atoms with Crippen LogP contribution in [0.4, 0.5) is 11.6 Å². The highest BCUT2D eigenvalue weighted by molar-refractivity contribution is 5.82. The first-order valence-electron chi connectivity index (χ1n) is 9.46. The first-order valence-corrected chi connectivity index (χ1v) is 9.46. The SMILES string of the molecule is CCN1CCc2cc(C=NNc3nc(-c4ccccc4)c(C#N)c(=O)[nH]3)ccc21. The van der Waals surface area contributed by atoms with E-state index in [0.717, 1.165) is 25.1 Å². The second-order valence-electron chi connectivity index (χ2n) is 6.70. The van der Waals surface area contributed by atoms with Crippen LogP contribution in [0.2, 0.25) is 0 Å². The van der Waals surface area contributed by atoms with E-state index in [0.29, 0.717) is 11.3 Å². The lowest BCUT2D eigenvalue weighted by atomic mass is 10.1. The highest BCUT2D eigenvalue weighted by Crippen LogP contribution is 2.28. The average Bonchev–Trinajstić information content (AvgIpc) is 3.16. The molecule has 0 unspecified atom stereocenters. The summed E-state index contributed by atoms with van der Waals surface area (Å²) in [5, 5.41) is 13.5. The fraction of sp³-hybridized carbons (Fsp3) is 0.182. The monoisotopic (exact) mass is 384 g/mol. The van der Waals surface area contributed by atoms with Crippen molar-refractivity contribution in [1.29, 1.82) is 5.26 Å². The van der Waals surface area contributed by atoms with Gasteiger partial charge in [-0.25, -0.2) is 10.4 Å². The summed E-state index contributed by atoms with van der Waals surface area (Å²) in [7, 11) is 0. The molecule has 7 nitrogen and oxygen atoms in total. The van der Waals surface area contributed by atoms with Gasteiger partial charge in [-0.2, -0.15) is 10.4 Å². The Morgan fingerprint density at radius 2 is 2.14 bits per heavy atom. The first kappa shape index (κ1) is 18.4. The maximum absolute atomic E-state index is 12.3. The molecule has 2 heterocycles. The largest absolute Gasteiger partial charge is 0.371 e. The molecule has 1 aromatic heterocycles. The Morgan fingerprint density at radius 3 is 2.90 bits per heavy atom. The van der Waals surface area contributed by atoms with Gasteiger partial charge in [0.15, 0.2) is 0 Å². The minimum atomic E-state index is -0.503. The van der Waals surface area contributed by atoms with Crippen LogP contribution >= 0.6 is 0 Å². The Morgan fingerprint density at radius 1 is 1.31 bits per heavy atom. The van der Waals surface area contributed by atoms with Crippen LogP contribution in [-0.2, 0) is 6.42 Å². The minimum Gasteiger partial charge on any atom is -0.371 e. The molecular weight excluding hydrogens is 364 g/mol. The van der Waals surface area contributed by atoms with Gasteiger partial charge in [0.2, 0.25) is 5.95 Å². The van der Waals surface area contributed by atoms with Crippen LogP contribution in [0.1, 0.15) is 23.6 Å². The second kappa shape index (κ2) is 7.98. The molecule has 7 heteroatoms. The van der Waals surface area contributed by atoms with Crippen molar-refractivity contribution in [3.8, 4) is 17.3 Å². The zero-order valence-electron chi connectivity index (χ0n) is 16.0. The van der Waals surface area contributed by atoms with Gasteiger partial charge >= 0.3 is 0 Å². The molecule has 0 saturated heterocycles. The molecule has 0 atom stereocenters. The topological polar surface area (TPSA) is 97.2 Å². The van der Waals surface area contributed by atoms with Gasteiger partial charge in [-0.05, 0) is 36.6 Å². The fourth-order valence-corrected chi connectivity index (χ4v) is 3.50. The summed E-state index contributed by atoms with van der Waals surface area (Å²) in [5.74, 6) is 0.183. The lowest BCUT2D eigenvalue weighted by molar-refractivity contribution is 0.868. The van der Waals surface area contributed by atoms with Gasteiger partial charge in [0.1, 0.15) is 11.6 Å². The van der Waals surface area contributed by atoms with E-state index in [-0.39, 0.29) is 11.5 Å². The Balaban J connectivity index is 1.57. The quantitative estimate of drug-likeness (QED) is 0.520. The number of nitriles is 1. The Kier molecular flexibility index (Phi) is 5.08. The van der Waals surface area contributed by atoms with Crippen molar-refractivity contribution in [1.82, 2.24) is 9.97 Å². The van der Waals surface area contributed by atoms with Crippen molar-refractivity contribution >= 4 is 17.9 Å². The molecule has 144 valence electrons. The number of aromatic nitrogens is 2. The standard InChI is InChI=1S/C22H20N6O/c1-2-28-11-10-17-12-15(8-9-19(17)28)14-24-27-22-25-20(16-6-4-3-5-7-16)18(13-23)21(29)26-22/h3-9,12,14H,2,10-11H2,1H3,(H2,25,26,27,29). The lowest BCUT2D eigenvalue weighted by Gasteiger charge is -2.16. The molecule has 0 radical (unpaired) electrons. The summed E-state index contributed by atoms with van der Waals surface area (Å²) < 4.78 is 0. The van der Waals surface area contributed by atoms with Crippen molar-refractivity contribution < 1.29 is 0 Å². The molecule has 1 aliphatic heterocycles. The predicted octanol–water partition coefficient (Wildman–Crippen LogP) is 3.14. The summed E-state index contributed by atoms with van der Waals surface area (Å²) in [6.07, 6.45) is 2.72. The molecule has 0 amide bonds. The van der Waals surface area contributed by atoms with Crippen LogP contribution in [0.3, 0.4) is 0 Å². The van der Waals surface area contributed by atoms with Crippen molar-refractivity contribution in [3.63, 3.8) is 0 Å². The normalized spacial score (nSPS) is 12.8. The zero-order valence-corrected chi connectivity index (χ0v) is 16.0. The van der Waals surface area contributed by atoms with E-state index in [1.807, 2.05) is 30.3 Å². The van der Waals surface area contributed by atoms with Crippen molar-refractivity contribution in [2.75, 3.05) is 23.4 Å². The number of hydrazone groups is 1. The predicted molar refractivity (Wildman–Crippen MR) is 114 cm³/mol. The average molecular weight is 384 g/mol. The lowest BCUT2D eigenvalue weighted by Crippen LogP contribution is -2.18. The summed E-state index contributed by atoms with van der Waals surface area (Å²) >= 11 is 0. The summed E-state index contributed by atoms with van der Waals surface area (Å²) in [6, 6.07) is 17.3. The molecule has 3 aromatic rings. The van der Waals surface area contributed by atoms with E-state index < -0.39 is 5.56 Å². The summed E-state index contributed by atoms with van der Waals surface area (Å²) in [6.45, 7) is 4.20. The maximum atomic E-state index is 12.3. The van der Waals surface area contributed by atoms with Crippen molar-refractivity contribution in [2.24, 2.45) is 5.10 Å². The van der Waals surface area contributed by atoms with Crippen molar-refractivity contribution in [2.45, 2.75) is 13.3 Å². The van der Waals surface area contributed by atoms with Crippen LogP contribution in [0, 0.1) is 11.3 Å². The molecule has 2 aromatic carbocycles. The number of hydrogen-bond donors (Lipinski definition) is 2. The number of aromatic amines is 1. The molecule has 1 aliphatic rings. The number of benzene rings is 2. The van der Waals surface area contributed by atoms with Gasteiger partial charge in [-0.15, -0.1) is 0 Å². The number of nitrogens with zero attached hydrogens (tertiary/aromatic N) is 4. The van der Waals surface area contributed by atoms with E-state index >= 15 is 0 Å². The third kappa shape index (κ3) is 3.73. The molecule has 0 bridgehead atoms. The molecule has 0 fully saturated rings. The van der Waals surface area contributed by atoms with E-state index in [9.17, 15) is 10.1 Å². The van der Waals surface area contributed by atoms with Gasteiger partial charge in [-0.1, -0.05) is 36.4 Å². The highest BCUT2D eigenvalue weighted by atomic mass is 16.1. The van der Waals surface area contributed by atoms with Crippen LogP contribution in [-0.4, -0.2) is 29.3 Å². The number of anilines is 2. The fourth-order valence-electron chi connectivity index (χ4n) is 3.50. The Hall–Kier alpha value is -3.92. The number of fused-ring (bicyclic) bond motifs is 1. The second-order valence-corrected chi connectivity index (χ2v) is 6.70. The smallest absolute Gasteiger partial charge is 0.270 e. The first-order chi connectivity index (χ1) is 14.2. The maximum Gasteiger partial charge on any atom is 0.270 e. The number of rotatable bonds is 5. The van der Waals surface area contributed by atoms with Crippen molar-refractivity contribution in [3.05, 3.63) is 75.6 Å². The van der Waals surface area contributed by atoms with E-state index in [1.165, 1.54) is 11.3 Å². The van der Waals surface area contributed by atoms with Gasteiger partial charge in [0.25, 0.3) is 5.56 Å². The molecule has 0 aliphatic carbocycles. The molecule has 0 saturated carbocycles. The molecular formula is C22H20N6O. The molecule has 4 rings (SSSR count). The number of likely N-dealkylation sites (N-methyl/N-ethyl adjacent to an activating group) is 1. The van der Waals surface area contributed by atoms with Crippen LogP contribution < -0.4 is 15.9 Å². The summed E-state index contributed by atoms with van der Waals surface area (Å²) in [4.78, 5) is 21.6. The van der Waals surface area contributed by atoms with Gasteiger partial charge < -0.3 is 4.90 Å². The van der Waals surface area contributed by atoms with E-state index in [2.05, 4.69) is 44.5 Å². The Bertz CT molecular complexity index is 1160. The Labute approximate surface area is 168 Å². The minimum absolute atomic E-state index is 0.0233. The van der Waals surface area contributed by atoms with Crippen LogP contribution in [0.25, 0.3) is 11.3 Å². The third-order valence-electron chi connectivity index (χ3n) is 4.94. The van der Waals surface area contributed by atoms with E-state index in [4.69, 9.17) is 0 Å². The molecule has 2 N–H and O–H groups in total. The van der Waals surface area contributed by atoms with Gasteiger partial charge in [0, 0.05) is 24.3 Å². The zero-order chi connectivity index (χ0) is 20.2. The third-order valence-corrected chi connectivity index (χ3v) is 4.94. The number of nitrogens with one attached hydrogen (secondary N) is 2. The van der Waals surface area contributed by atoms with Crippen LogP contribution in [0.15, 0.2) is 58.4 Å². The van der Waals surface area contributed by atoms with Gasteiger partial charge in [-0.3, -0.25) is 9.78 Å². The molecule has 29 heavy (non-hydrogen) atoms. The van der Waals surface area contributed by atoms with E-state index in [1.54, 1.807) is 18.3 Å². The molecule has 0 spiro atoms. The van der Waals surface area contributed by atoms with Crippen LogP contribution in [0.5, 0.6) is 0 Å². The highest BCUT2D eigenvalue weighted by Gasteiger charge is 2.17.